The lowest BCUT2D eigenvalue weighted by Crippen LogP contribution is -2.49. The summed E-state index contributed by atoms with van der Waals surface area (Å²) in [4.78, 5) is 16.5. The Balaban J connectivity index is 1.38. The smallest absolute Gasteiger partial charge is 0.229 e. The minimum Gasteiger partial charge on any atom is -0.492 e. The lowest BCUT2D eigenvalue weighted by molar-refractivity contribution is -0.132. The molecule has 3 rings (SSSR count). The summed E-state index contributed by atoms with van der Waals surface area (Å²) in [5.41, 5.74) is 6.70. The highest BCUT2D eigenvalue weighted by Crippen LogP contribution is 2.16. The molecule has 1 amide bonds. The number of aryl methyl sites for hydroxylation is 1. The molecule has 8 heteroatoms. The molecule has 25 heavy (non-hydrogen) atoms. The summed E-state index contributed by atoms with van der Waals surface area (Å²) < 4.78 is 5.85. The molecule has 2 N–H and O–H groups in total. The lowest BCUT2D eigenvalue weighted by Gasteiger charge is -2.34. The molecule has 1 saturated heterocycles. The van der Waals surface area contributed by atoms with Gasteiger partial charge >= 0.3 is 0 Å². The molecule has 2 aromatic rings. The van der Waals surface area contributed by atoms with Gasteiger partial charge in [0.2, 0.25) is 11.0 Å². The Labute approximate surface area is 151 Å². The molecule has 2 heterocycles. The number of hydrogen-bond acceptors (Lipinski definition) is 7. The molecule has 0 radical (unpaired) electrons. The number of nitrogens with two attached hydrogens (primary N) is 1. The number of carbonyl (C=O) groups is 1. The second kappa shape index (κ2) is 8.26. The van der Waals surface area contributed by atoms with E-state index in [0.717, 1.165) is 44.0 Å². The molecule has 0 atom stereocenters. The van der Waals surface area contributed by atoms with E-state index in [-0.39, 0.29) is 12.3 Å². The standard InChI is InChI=1S/C17H23N5O2S/c1-13-4-2-3-5-14(13)24-11-10-21-6-8-22(9-7-21)16(23)12-15-19-20-17(18)25-15/h2-5H,6-12H2,1H3,(H2,18,20). The largest absolute Gasteiger partial charge is 0.492 e. The van der Waals surface area contributed by atoms with Gasteiger partial charge in [0, 0.05) is 32.7 Å². The van der Waals surface area contributed by atoms with E-state index in [9.17, 15) is 4.79 Å². The van der Waals surface area contributed by atoms with Gasteiger partial charge in [-0.2, -0.15) is 0 Å². The molecule has 0 spiro atoms. The maximum absolute atomic E-state index is 12.3. The van der Waals surface area contributed by atoms with Crippen molar-refractivity contribution in [1.29, 1.82) is 0 Å². The first kappa shape index (κ1) is 17.6. The first-order valence-electron chi connectivity index (χ1n) is 8.38. The second-order valence-electron chi connectivity index (χ2n) is 6.05. The molecule has 1 aromatic carbocycles. The maximum Gasteiger partial charge on any atom is 0.229 e. The molecule has 0 bridgehead atoms. The molecule has 134 valence electrons. The molecule has 1 aromatic heterocycles. The number of carbonyl (C=O) groups excluding carboxylic acids is 1. The van der Waals surface area contributed by atoms with Crippen LogP contribution in [0.1, 0.15) is 10.6 Å². The molecule has 1 aliphatic heterocycles. The Kier molecular flexibility index (Phi) is 5.83. The third-order valence-corrected chi connectivity index (χ3v) is 5.02. The SMILES string of the molecule is Cc1ccccc1OCCN1CCN(C(=O)Cc2nnc(N)s2)CC1. The number of nitrogen functional groups attached to an aromatic ring is 1. The summed E-state index contributed by atoms with van der Waals surface area (Å²) in [6, 6.07) is 8.03. The molecule has 0 unspecified atom stereocenters. The Bertz CT molecular complexity index is 713. The number of piperazine rings is 1. The molecule has 1 aliphatic rings. The highest BCUT2D eigenvalue weighted by Gasteiger charge is 2.22. The summed E-state index contributed by atoms with van der Waals surface area (Å²) in [7, 11) is 0. The number of rotatable bonds is 6. The number of para-hydroxylation sites is 1. The number of amides is 1. The van der Waals surface area contributed by atoms with Crippen LogP contribution in [0.25, 0.3) is 0 Å². The van der Waals surface area contributed by atoms with Crippen LogP contribution in [0.2, 0.25) is 0 Å². The molecular weight excluding hydrogens is 338 g/mol. The maximum atomic E-state index is 12.3. The second-order valence-corrected chi connectivity index (χ2v) is 7.14. The lowest BCUT2D eigenvalue weighted by atomic mass is 10.2. The first-order valence-corrected chi connectivity index (χ1v) is 9.20. The quantitative estimate of drug-likeness (QED) is 0.832. The van der Waals surface area contributed by atoms with Crippen molar-refractivity contribution >= 4 is 22.4 Å². The van der Waals surface area contributed by atoms with E-state index >= 15 is 0 Å². The highest BCUT2D eigenvalue weighted by atomic mass is 32.1. The normalized spacial score (nSPS) is 15.3. The topological polar surface area (TPSA) is 84.6 Å². The zero-order chi connectivity index (χ0) is 17.6. The van der Waals surface area contributed by atoms with Crippen molar-refractivity contribution in [3.05, 3.63) is 34.8 Å². The molecule has 7 nitrogen and oxygen atoms in total. The third kappa shape index (κ3) is 4.90. The van der Waals surface area contributed by atoms with E-state index < -0.39 is 0 Å². The van der Waals surface area contributed by atoms with Gasteiger partial charge in [-0.05, 0) is 18.6 Å². The van der Waals surface area contributed by atoms with E-state index in [1.165, 1.54) is 11.3 Å². The minimum absolute atomic E-state index is 0.0898. The van der Waals surface area contributed by atoms with Crippen molar-refractivity contribution in [3.8, 4) is 5.75 Å². The fourth-order valence-corrected chi connectivity index (χ4v) is 3.40. The van der Waals surface area contributed by atoms with Crippen molar-refractivity contribution in [2.75, 3.05) is 45.1 Å². The monoisotopic (exact) mass is 361 g/mol. The highest BCUT2D eigenvalue weighted by molar-refractivity contribution is 7.15. The van der Waals surface area contributed by atoms with E-state index in [1.54, 1.807) is 0 Å². The van der Waals surface area contributed by atoms with Gasteiger partial charge in [-0.1, -0.05) is 29.5 Å². The van der Waals surface area contributed by atoms with Crippen LogP contribution >= 0.6 is 11.3 Å². The van der Waals surface area contributed by atoms with E-state index in [1.807, 2.05) is 36.1 Å². The average molecular weight is 361 g/mol. The summed E-state index contributed by atoms with van der Waals surface area (Å²) >= 11 is 1.27. The molecule has 0 saturated carbocycles. The van der Waals surface area contributed by atoms with Crippen LogP contribution in [-0.4, -0.2) is 65.2 Å². The van der Waals surface area contributed by atoms with Crippen LogP contribution in [0.5, 0.6) is 5.75 Å². The van der Waals surface area contributed by atoms with Crippen LogP contribution in [0, 0.1) is 6.92 Å². The van der Waals surface area contributed by atoms with Gasteiger partial charge in [0.15, 0.2) is 0 Å². The minimum atomic E-state index is 0.0898. The summed E-state index contributed by atoms with van der Waals surface area (Å²) in [6.45, 7) is 6.76. The van der Waals surface area contributed by atoms with Gasteiger partial charge in [-0.25, -0.2) is 0 Å². The predicted molar refractivity (Wildman–Crippen MR) is 97.7 cm³/mol. The van der Waals surface area contributed by atoms with Gasteiger partial charge in [0.05, 0.1) is 6.42 Å². The summed E-state index contributed by atoms with van der Waals surface area (Å²) in [6.07, 6.45) is 0.283. The Morgan fingerprint density at radius 1 is 1.24 bits per heavy atom. The zero-order valence-electron chi connectivity index (χ0n) is 14.4. The number of hydrogen-bond donors (Lipinski definition) is 1. The number of benzene rings is 1. The molecule has 1 fully saturated rings. The van der Waals surface area contributed by atoms with Crippen molar-refractivity contribution in [2.45, 2.75) is 13.3 Å². The third-order valence-electron chi connectivity index (χ3n) is 4.27. The van der Waals surface area contributed by atoms with Crippen LogP contribution in [0.15, 0.2) is 24.3 Å². The van der Waals surface area contributed by atoms with E-state index in [2.05, 4.69) is 15.1 Å². The summed E-state index contributed by atoms with van der Waals surface area (Å²) in [5.74, 6) is 1.03. The Morgan fingerprint density at radius 3 is 2.68 bits per heavy atom. The number of aromatic nitrogens is 2. The van der Waals surface area contributed by atoms with Gasteiger partial charge in [-0.3, -0.25) is 9.69 Å². The van der Waals surface area contributed by atoms with E-state index in [0.29, 0.717) is 16.7 Å². The van der Waals surface area contributed by atoms with Crippen molar-refractivity contribution < 1.29 is 9.53 Å². The number of anilines is 1. The molecule has 0 aliphatic carbocycles. The Morgan fingerprint density at radius 2 is 2.00 bits per heavy atom. The van der Waals surface area contributed by atoms with Crippen LogP contribution < -0.4 is 10.5 Å². The van der Waals surface area contributed by atoms with Crippen molar-refractivity contribution in [2.24, 2.45) is 0 Å². The predicted octanol–water partition coefficient (Wildman–Crippen LogP) is 1.19. The zero-order valence-corrected chi connectivity index (χ0v) is 15.2. The number of nitrogens with zero attached hydrogens (tertiary/aromatic N) is 4. The van der Waals surface area contributed by atoms with Gasteiger partial charge in [0.1, 0.15) is 17.4 Å². The average Bonchev–Trinajstić information content (AvgIpc) is 3.02. The van der Waals surface area contributed by atoms with Crippen LogP contribution in [0.3, 0.4) is 0 Å². The molecular formula is C17H23N5O2S. The van der Waals surface area contributed by atoms with Gasteiger partial charge < -0.3 is 15.4 Å². The van der Waals surface area contributed by atoms with Gasteiger partial charge in [-0.15, -0.1) is 10.2 Å². The number of ether oxygens (including phenoxy) is 1. The van der Waals surface area contributed by atoms with Crippen LogP contribution in [0.4, 0.5) is 5.13 Å². The summed E-state index contributed by atoms with van der Waals surface area (Å²) in [5, 5.41) is 8.74. The first-order chi connectivity index (χ1) is 12.1. The fourth-order valence-electron chi connectivity index (χ4n) is 2.80. The van der Waals surface area contributed by atoms with Gasteiger partial charge in [0.25, 0.3) is 0 Å². The van der Waals surface area contributed by atoms with Crippen molar-refractivity contribution in [3.63, 3.8) is 0 Å². The van der Waals surface area contributed by atoms with E-state index in [4.69, 9.17) is 10.5 Å². The van der Waals surface area contributed by atoms with Crippen LogP contribution in [-0.2, 0) is 11.2 Å². The fraction of sp³-hybridized carbons (Fsp3) is 0.471. The Hall–Kier alpha value is -2.19. The van der Waals surface area contributed by atoms with Crippen molar-refractivity contribution in [1.82, 2.24) is 20.0 Å².